The van der Waals surface area contributed by atoms with Crippen molar-refractivity contribution in [1.82, 2.24) is 10.2 Å². The predicted molar refractivity (Wildman–Crippen MR) is 95.8 cm³/mol. The van der Waals surface area contributed by atoms with Gasteiger partial charge in [-0.2, -0.15) is 0 Å². The molecule has 6 heteroatoms. The molecule has 1 aliphatic heterocycles. The SMILES string of the molecule is O=C(N/C(C(=O)N1CCCCC1)=C(\Cl)c1ccco1)c1ccccc1. The molecule has 0 atom stereocenters. The molecule has 3 rings (SSSR count). The van der Waals surface area contributed by atoms with Gasteiger partial charge in [-0.25, -0.2) is 0 Å². The molecule has 0 saturated carbocycles. The number of rotatable bonds is 4. The molecule has 0 aliphatic carbocycles. The molecule has 0 spiro atoms. The molecule has 2 amide bonds. The Morgan fingerprint density at radius 1 is 1.00 bits per heavy atom. The lowest BCUT2D eigenvalue weighted by Gasteiger charge is -2.28. The molecule has 1 aromatic carbocycles. The third-order valence-electron chi connectivity index (χ3n) is 4.09. The van der Waals surface area contributed by atoms with Crippen molar-refractivity contribution in [3.8, 4) is 0 Å². The van der Waals surface area contributed by atoms with Crippen molar-refractivity contribution in [1.29, 1.82) is 0 Å². The van der Waals surface area contributed by atoms with E-state index in [2.05, 4.69) is 5.32 Å². The monoisotopic (exact) mass is 358 g/mol. The second-order valence-electron chi connectivity index (χ2n) is 5.84. The Labute approximate surface area is 151 Å². The number of amides is 2. The Morgan fingerprint density at radius 2 is 1.72 bits per heavy atom. The quantitative estimate of drug-likeness (QED) is 0.849. The Kier molecular flexibility index (Phi) is 5.56. The first-order chi connectivity index (χ1) is 12.2. The minimum absolute atomic E-state index is 0.0485. The molecule has 25 heavy (non-hydrogen) atoms. The fourth-order valence-electron chi connectivity index (χ4n) is 2.76. The van der Waals surface area contributed by atoms with Crippen LogP contribution in [0, 0.1) is 0 Å². The number of nitrogens with one attached hydrogen (secondary N) is 1. The summed E-state index contributed by atoms with van der Waals surface area (Å²) in [7, 11) is 0. The van der Waals surface area contributed by atoms with Crippen LogP contribution in [0.3, 0.4) is 0 Å². The van der Waals surface area contributed by atoms with Gasteiger partial charge in [-0.05, 0) is 43.5 Å². The fraction of sp³-hybridized carbons (Fsp3) is 0.263. The van der Waals surface area contributed by atoms with Crippen LogP contribution in [0.2, 0.25) is 0 Å². The number of nitrogens with zero attached hydrogens (tertiary/aromatic N) is 1. The highest BCUT2D eigenvalue weighted by Crippen LogP contribution is 2.25. The first-order valence-electron chi connectivity index (χ1n) is 8.26. The van der Waals surface area contributed by atoms with Crippen LogP contribution in [0.15, 0.2) is 58.8 Å². The van der Waals surface area contributed by atoms with Gasteiger partial charge in [-0.1, -0.05) is 29.8 Å². The van der Waals surface area contributed by atoms with E-state index in [9.17, 15) is 9.59 Å². The highest BCUT2D eigenvalue weighted by Gasteiger charge is 2.26. The van der Waals surface area contributed by atoms with Gasteiger partial charge >= 0.3 is 0 Å². The van der Waals surface area contributed by atoms with Gasteiger partial charge < -0.3 is 14.6 Å². The molecule has 0 bridgehead atoms. The third kappa shape index (κ3) is 4.12. The molecule has 130 valence electrons. The van der Waals surface area contributed by atoms with Gasteiger partial charge in [-0.3, -0.25) is 9.59 Å². The van der Waals surface area contributed by atoms with E-state index in [4.69, 9.17) is 16.0 Å². The molecule has 5 nitrogen and oxygen atoms in total. The third-order valence-corrected chi connectivity index (χ3v) is 4.46. The molecule has 1 N–H and O–H groups in total. The predicted octanol–water partition coefficient (Wildman–Crippen LogP) is 3.63. The lowest BCUT2D eigenvalue weighted by molar-refractivity contribution is -0.128. The number of piperidine rings is 1. The van der Waals surface area contributed by atoms with Gasteiger partial charge in [0, 0.05) is 18.7 Å². The largest absolute Gasteiger partial charge is 0.463 e. The maximum Gasteiger partial charge on any atom is 0.272 e. The van der Waals surface area contributed by atoms with E-state index >= 15 is 0 Å². The lowest BCUT2D eigenvalue weighted by Crippen LogP contribution is -2.41. The van der Waals surface area contributed by atoms with E-state index in [-0.39, 0.29) is 22.5 Å². The number of furan rings is 1. The number of hydrogen-bond donors (Lipinski definition) is 1. The first kappa shape index (κ1) is 17.3. The van der Waals surface area contributed by atoms with E-state index in [1.165, 1.54) is 6.26 Å². The van der Waals surface area contributed by atoms with Gasteiger partial charge in [0.25, 0.3) is 11.8 Å². The summed E-state index contributed by atoms with van der Waals surface area (Å²) < 4.78 is 5.29. The van der Waals surface area contributed by atoms with E-state index in [0.29, 0.717) is 24.4 Å². The van der Waals surface area contributed by atoms with E-state index in [1.54, 1.807) is 41.3 Å². The molecular weight excluding hydrogens is 340 g/mol. The van der Waals surface area contributed by atoms with Crippen molar-refractivity contribution in [2.75, 3.05) is 13.1 Å². The normalized spacial score (nSPS) is 15.5. The van der Waals surface area contributed by atoms with Crippen LogP contribution in [-0.4, -0.2) is 29.8 Å². The number of benzene rings is 1. The summed E-state index contributed by atoms with van der Waals surface area (Å²) in [6, 6.07) is 12.0. The molecule has 0 radical (unpaired) electrons. The van der Waals surface area contributed by atoms with Crippen LogP contribution in [0.1, 0.15) is 35.4 Å². The molecule has 1 fully saturated rings. The maximum atomic E-state index is 12.9. The van der Waals surface area contributed by atoms with Crippen molar-refractivity contribution >= 4 is 28.4 Å². The number of likely N-dealkylation sites (tertiary alicyclic amines) is 1. The summed E-state index contributed by atoms with van der Waals surface area (Å²) in [6.45, 7) is 1.32. The van der Waals surface area contributed by atoms with Gasteiger partial charge in [0.1, 0.15) is 16.5 Å². The molecule has 1 aliphatic rings. The van der Waals surface area contributed by atoms with Gasteiger partial charge in [-0.15, -0.1) is 0 Å². The molecule has 2 heterocycles. The summed E-state index contributed by atoms with van der Waals surface area (Å²) in [5.74, 6) is -0.327. The standard InChI is InChI=1S/C19H19ClN2O3/c20-16(15-10-7-13-25-15)17(19(24)22-11-5-2-6-12-22)21-18(23)14-8-3-1-4-9-14/h1,3-4,7-10,13H,2,5-6,11-12H2,(H,21,23)/b17-16-. The van der Waals surface area contributed by atoms with Gasteiger partial charge in [0.05, 0.1) is 6.26 Å². The summed E-state index contributed by atoms with van der Waals surface area (Å²) in [4.78, 5) is 27.2. The zero-order valence-corrected chi connectivity index (χ0v) is 14.5. The number of carbonyl (C=O) groups is 2. The second-order valence-corrected chi connectivity index (χ2v) is 6.22. The Balaban J connectivity index is 1.90. The van der Waals surface area contributed by atoms with Crippen molar-refractivity contribution in [3.63, 3.8) is 0 Å². The highest BCUT2D eigenvalue weighted by atomic mass is 35.5. The summed E-state index contributed by atoms with van der Waals surface area (Å²) in [5, 5.41) is 2.78. The molecule has 1 saturated heterocycles. The lowest BCUT2D eigenvalue weighted by atomic mass is 10.1. The van der Waals surface area contributed by atoms with Crippen molar-refractivity contribution in [3.05, 3.63) is 65.7 Å². The first-order valence-corrected chi connectivity index (χ1v) is 8.64. The highest BCUT2D eigenvalue weighted by molar-refractivity contribution is 6.50. The van der Waals surface area contributed by atoms with Crippen molar-refractivity contribution in [2.45, 2.75) is 19.3 Å². The molecular formula is C19H19ClN2O3. The van der Waals surface area contributed by atoms with Gasteiger partial charge in [0.15, 0.2) is 0 Å². The van der Waals surface area contributed by atoms with Gasteiger partial charge in [0.2, 0.25) is 0 Å². The molecule has 1 aromatic heterocycles. The number of hydrogen-bond acceptors (Lipinski definition) is 3. The molecule has 2 aromatic rings. The van der Waals surface area contributed by atoms with Crippen molar-refractivity contribution < 1.29 is 14.0 Å². The maximum absolute atomic E-state index is 12.9. The van der Waals surface area contributed by atoms with Crippen LogP contribution >= 0.6 is 11.6 Å². The summed E-state index contributed by atoms with van der Waals surface area (Å²) in [5.41, 5.74) is 0.503. The number of carbonyl (C=O) groups excluding carboxylic acids is 2. The van der Waals surface area contributed by atoms with E-state index in [0.717, 1.165) is 19.3 Å². The second kappa shape index (κ2) is 8.03. The smallest absolute Gasteiger partial charge is 0.272 e. The van der Waals surface area contributed by atoms with Crippen LogP contribution in [0.25, 0.3) is 5.03 Å². The van der Waals surface area contributed by atoms with Crippen LogP contribution in [0.5, 0.6) is 0 Å². The Morgan fingerprint density at radius 3 is 2.36 bits per heavy atom. The fourth-order valence-corrected chi connectivity index (χ4v) is 2.99. The van der Waals surface area contributed by atoms with Crippen LogP contribution < -0.4 is 5.32 Å². The zero-order chi connectivity index (χ0) is 17.6. The minimum Gasteiger partial charge on any atom is -0.463 e. The summed E-state index contributed by atoms with van der Waals surface area (Å²) in [6.07, 6.45) is 4.47. The van der Waals surface area contributed by atoms with Crippen LogP contribution in [-0.2, 0) is 4.79 Å². The van der Waals surface area contributed by atoms with E-state index < -0.39 is 0 Å². The zero-order valence-electron chi connectivity index (χ0n) is 13.7. The minimum atomic E-state index is -0.384. The average Bonchev–Trinajstić information content (AvgIpc) is 3.21. The topological polar surface area (TPSA) is 62.6 Å². The average molecular weight is 359 g/mol. The van der Waals surface area contributed by atoms with Crippen molar-refractivity contribution in [2.24, 2.45) is 0 Å². The Bertz CT molecular complexity index is 763. The number of halogens is 1. The van der Waals surface area contributed by atoms with E-state index in [1.807, 2.05) is 6.07 Å². The molecule has 0 unspecified atom stereocenters. The Hall–Kier alpha value is -2.53. The summed E-state index contributed by atoms with van der Waals surface area (Å²) >= 11 is 6.38. The van der Waals surface area contributed by atoms with Crippen LogP contribution in [0.4, 0.5) is 0 Å².